The Kier molecular flexibility index (Phi) is 8.82. The largest absolute Gasteiger partial charge is 0.493 e. The van der Waals surface area contributed by atoms with E-state index < -0.39 is 17.9 Å². The van der Waals surface area contributed by atoms with Gasteiger partial charge >= 0.3 is 12.0 Å². The van der Waals surface area contributed by atoms with E-state index in [9.17, 15) is 19.2 Å². The maximum atomic E-state index is 12.9. The van der Waals surface area contributed by atoms with Crippen molar-refractivity contribution in [3.8, 4) is 11.5 Å². The smallest absolute Gasteiger partial charge is 0.340 e. The summed E-state index contributed by atoms with van der Waals surface area (Å²) in [6.45, 7) is 3.30. The van der Waals surface area contributed by atoms with Gasteiger partial charge in [0.25, 0.3) is 5.91 Å². The molecule has 0 atom stereocenters. The zero-order valence-corrected chi connectivity index (χ0v) is 20.8. The Morgan fingerprint density at radius 1 is 0.730 bits per heavy atom. The molecular weight excluding hydrogens is 478 g/mol. The number of methoxy groups -OCH3 is 2. The number of amides is 3. The molecule has 37 heavy (non-hydrogen) atoms. The van der Waals surface area contributed by atoms with Gasteiger partial charge in [-0.2, -0.15) is 0 Å². The number of carbonyl (C=O) groups excluding carboxylic acids is 4. The molecule has 0 aliphatic carbocycles. The summed E-state index contributed by atoms with van der Waals surface area (Å²) in [6, 6.07) is 15.1. The number of Topliss-reactive ketones (excluding diaryl/α,β-unsaturated/α-hetero) is 1. The summed E-state index contributed by atoms with van der Waals surface area (Å²) in [6.07, 6.45) is 0. The lowest BCUT2D eigenvalue weighted by molar-refractivity contribution is 0.0527. The molecular formula is C27H27N3O7. The average molecular weight is 506 g/mol. The second kappa shape index (κ2) is 12.2. The van der Waals surface area contributed by atoms with Crippen LogP contribution in [0.1, 0.15) is 44.9 Å². The molecule has 0 saturated carbocycles. The summed E-state index contributed by atoms with van der Waals surface area (Å²) >= 11 is 0. The van der Waals surface area contributed by atoms with E-state index in [4.69, 9.17) is 14.2 Å². The van der Waals surface area contributed by atoms with Gasteiger partial charge in [-0.15, -0.1) is 0 Å². The Labute approximate surface area is 213 Å². The van der Waals surface area contributed by atoms with Crippen LogP contribution in [-0.2, 0) is 4.74 Å². The first-order valence-electron chi connectivity index (χ1n) is 11.3. The van der Waals surface area contributed by atoms with Gasteiger partial charge in [0.1, 0.15) is 0 Å². The van der Waals surface area contributed by atoms with Crippen LogP contribution in [0, 0.1) is 0 Å². The van der Waals surface area contributed by atoms with Crippen LogP contribution in [0.3, 0.4) is 0 Å². The zero-order chi connectivity index (χ0) is 26.9. The average Bonchev–Trinajstić information content (AvgIpc) is 2.89. The molecule has 0 unspecified atom stereocenters. The quantitative estimate of drug-likeness (QED) is 0.276. The highest BCUT2D eigenvalue weighted by Crippen LogP contribution is 2.34. The molecule has 0 bridgehead atoms. The predicted molar refractivity (Wildman–Crippen MR) is 139 cm³/mol. The number of urea groups is 1. The Hall–Kier alpha value is -4.86. The highest BCUT2D eigenvalue weighted by molar-refractivity contribution is 6.09. The van der Waals surface area contributed by atoms with Gasteiger partial charge in [0, 0.05) is 34.6 Å². The van der Waals surface area contributed by atoms with Crippen LogP contribution in [0.4, 0.5) is 21.9 Å². The summed E-state index contributed by atoms with van der Waals surface area (Å²) in [5.41, 5.74) is 2.11. The van der Waals surface area contributed by atoms with Crippen LogP contribution in [0.25, 0.3) is 0 Å². The van der Waals surface area contributed by atoms with E-state index in [0.717, 1.165) is 0 Å². The van der Waals surface area contributed by atoms with Crippen molar-refractivity contribution in [3.63, 3.8) is 0 Å². The lowest BCUT2D eigenvalue weighted by atomic mass is 10.1. The number of esters is 1. The number of rotatable bonds is 9. The van der Waals surface area contributed by atoms with E-state index in [1.54, 1.807) is 43.3 Å². The summed E-state index contributed by atoms with van der Waals surface area (Å²) in [4.78, 5) is 49.0. The summed E-state index contributed by atoms with van der Waals surface area (Å²) in [5, 5.41) is 8.03. The second-order valence-corrected chi connectivity index (χ2v) is 7.72. The third kappa shape index (κ3) is 6.85. The molecule has 192 valence electrons. The number of ether oxygens (including phenoxy) is 3. The van der Waals surface area contributed by atoms with Crippen LogP contribution in [0.5, 0.6) is 11.5 Å². The highest BCUT2D eigenvalue weighted by Gasteiger charge is 2.20. The molecule has 3 amide bonds. The van der Waals surface area contributed by atoms with Gasteiger partial charge in [0.05, 0.1) is 32.1 Å². The zero-order valence-electron chi connectivity index (χ0n) is 20.8. The van der Waals surface area contributed by atoms with E-state index in [1.165, 1.54) is 45.4 Å². The van der Waals surface area contributed by atoms with Gasteiger partial charge in [-0.05, 0) is 62.4 Å². The molecule has 0 heterocycles. The highest BCUT2D eigenvalue weighted by atomic mass is 16.5. The van der Waals surface area contributed by atoms with Crippen LogP contribution in [0.15, 0.2) is 60.7 Å². The first-order valence-corrected chi connectivity index (χ1v) is 11.3. The Morgan fingerprint density at radius 3 is 1.73 bits per heavy atom. The van der Waals surface area contributed by atoms with Gasteiger partial charge in [0.2, 0.25) is 0 Å². The lowest BCUT2D eigenvalue weighted by Crippen LogP contribution is -2.19. The summed E-state index contributed by atoms with van der Waals surface area (Å²) < 4.78 is 15.6. The fourth-order valence-corrected chi connectivity index (χ4v) is 3.34. The minimum atomic E-state index is -0.625. The van der Waals surface area contributed by atoms with Gasteiger partial charge in [-0.3, -0.25) is 9.59 Å². The van der Waals surface area contributed by atoms with E-state index in [0.29, 0.717) is 28.4 Å². The third-order valence-electron chi connectivity index (χ3n) is 5.22. The topological polar surface area (TPSA) is 132 Å². The lowest BCUT2D eigenvalue weighted by Gasteiger charge is -2.15. The van der Waals surface area contributed by atoms with Crippen molar-refractivity contribution in [1.82, 2.24) is 0 Å². The van der Waals surface area contributed by atoms with Crippen molar-refractivity contribution in [1.29, 1.82) is 0 Å². The number of ketones is 1. The van der Waals surface area contributed by atoms with E-state index >= 15 is 0 Å². The van der Waals surface area contributed by atoms with Gasteiger partial charge in [-0.1, -0.05) is 0 Å². The number of hydrogen-bond donors (Lipinski definition) is 3. The normalized spacial score (nSPS) is 10.2. The van der Waals surface area contributed by atoms with E-state index in [2.05, 4.69) is 16.0 Å². The first-order chi connectivity index (χ1) is 17.7. The molecule has 0 aliphatic heterocycles. The van der Waals surface area contributed by atoms with E-state index in [-0.39, 0.29) is 29.2 Å². The van der Waals surface area contributed by atoms with Crippen LogP contribution in [-0.4, -0.2) is 44.5 Å². The molecule has 3 N–H and O–H groups in total. The third-order valence-corrected chi connectivity index (χ3v) is 5.22. The van der Waals surface area contributed by atoms with Crippen molar-refractivity contribution in [2.75, 3.05) is 36.8 Å². The van der Waals surface area contributed by atoms with Crippen molar-refractivity contribution in [3.05, 3.63) is 77.4 Å². The van der Waals surface area contributed by atoms with Gasteiger partial charge in [0.15, 0.2) is 17.3 Å². The molecule has 10 nitrogen and oxygen atoms in total. The predicted octanol–water partition coefficient (Wildman–Crippen LogP) is 4.98. The molecule has 10 heteroatoms. The molecule has 0 radical (unpaired) electrons. The SMILES string of the molecule is CCOC(=O)c1cc(OC)c(OC)cc1NC(=O)c1ccc(NC(=O)Nc2ccc(C(C)=O)cc2)cc1. The maximum Gasteiger partial charge on any atom is 0.340 e. The summed E-state index contributed by atoms with van der Waals surface area (Å²) in [5.74, 6) is -0.539. The molecule has 0 saturated heterocycles. The van der Waals surface area contributed by atoms with Gasteiger partial charge < -0.3 is 30.2 Å². The molecule has 0 fully saturated rings. The fourth-order valence-electron chi connectivity index (χ4n) is 3.34. The summed E-state index contributed by atoms with van der Waals surface area (Å²) in [7, 11) is 2.88. The molecule has 3 rings (SSSR count). The van der Waals surface area contributed by atoms with Crippen LogP contribution < -0.4 is 25.4 Å². The Balaban J connectivity index is 1.70. The van der Waals surface area contributed by atoms with Crippen molar-refractivity contribution < 1.29 is 33.4 Å². The number of hydrogen-bond acceptors (Lipinski definition) is 7. The van der Waals surface area contributed by atoms with Crippen LogP contribution >= 0.6 is 0 Å². The molecule has 0 aliphatic rings. The Morgan fingerprint density at radius 2 is 1.24 bits per heavy atom. The van der Waals surface area contributed by atoms with Crippen molar-refractivity contribution in [2.24, 2.45) is 0 Å². The first kappa shape index (κ1) is 26.7. The molecule has 3 aromatic rings. The molecule has 0 aromatic heterocycles. The minimum Gasteiger partial charge on any atom is -0.493 e. The molecule has 3 aromatic carbocycles. The standard InChI is InChI=1S/C27H27N3O7/c1-5-37-26(33)21-14-23(35-3)24(36-4)15-22(21)30-25(32)18-8-12-20(13-9-18)29-27(34)28-19-10-6-17(7-11-19)16(2)31/h6-15H,5H2,1-4H3,(H,30,32)(H2,28,29,34). The van der Waals surface area contributed by atoms with Crippen LogP contribution in [0.2, 0.25) is 0 Å². The second-order valence-electron chi connectivity index (χ2n) is 7.72. The van der Waals surface area contributed by atoms with Crippen molar-refractivity contribution in [2.45, 2.75) is 13.8 Å². The maximum absolute atomic E-state index is 12.9. The number of anilines is 3. The fraction of sp³-hybridized carbons (Fsp3) is 0.185. The Bertz CT molecular complexity index is 1300. The monoisotopic (exact) mass is 505 g/mol. The molecule has 0 spiro atoms. The number of nitrogens with one attached hydrogen (secondary N) is 3. The number of carbonyl (C=O) groups is 4. The number of benzene rings is 3. The van der Waals surface area contributed by atoms with E-state index in [1.807, 2.05) is 0 Å². The van der Waals surface area contributed by atoms with Gasteiger partial charge in [-0.25, -0.2) is 9.59 Å². The minimum absolute atomic E-state index is 0.0663. The van der Waals surface area contributed by atoms with Crippen molar-refractivity contribution >= 4 is 40.8 Å².